The standard InChI is InChI=1S/C20H22N2O6/c1-21-18(23)11-15(12-5-4-6-14(9-12)20(25)26)22-19(24)13-7-8-16(27-2)17(10-13)28-3/h4-10,15H,11H2,1-3H3,(H,21,23)(H,22,24)(H,25,26)/t15-/m1/s1. The van der Waals surface area contributed by atoms with Crippen LogP contribution >= 0.6 is 0 Å². The first kappa shape index (κ1) is 20.8. The molecule has 2 aromatic carbocycles. The van der Waals surface area contributed by atoms with Crippen molar-refractivity contribution in [2.75, 3.05) is 21.3 Å². The van der Waals surface area contributed by atoms with Gasteiger partial charge in [0.2, 0.25) is 5.91 Å². The molecule has 0 saturated heterocycles. The van der Waals surface area contributed by atoms with Crippen molar-refractivity contribution in [1.29, 1.82) is 0 Å². The molecule has 0 bridgehead atoms. The Morgan fingerprint density at radius 2 is 1.71 bits per heavy atom. The topological polar surface area (TPSA) is 114 Å². The normalized spacial score (nSPS) is 11.2. The molecule has 148 valence electrons. The summed E-state index contributed by atoms with van der Waals surface area (Å²) in [5.41, 5.74) is 0.894. The average Bonchev–Trinajstić information content (AvgIpc) is 2.72. The van der Waals surface area contributed by atoms with Crippen LogP contribution < -0.4 is 20.1 Å². The van der Waals surface area contributed by atoms with Crippen molar-refractivity contribution in [1.82, 2.24) is 10.6 Å². The van der Waals surface area contributed by atoms with E-state index in [0.29, 0.717) is 22.6 Å². The Labute approximate surface area is 162 Å². The fourth-order valence-corrected chi connectivity index (χ4v) is 2.65. The quantitative estimate of drug-likeness (QED) is 0.639. The maximum atomic E-state index is 12.7. The number of amides is 2. The largest absolute Gasteiger partial charge is 0.493 e. The molecule has 0 aliphatic heterocycles. The minimum Gasteiger partial charge on any atom is -0.493 e. The number of aromatic carboxylic acids is 1. The second-order valence-corrected chi connectivity index (χ2v) is 5.90. The molecule has 0 saturated carbocycles. The molecule has 0 radical (unpaired) electrons. The molecule has 2 aromatic rings. The summed E-state index contributed by atoms with van der Waals surface area (Å²) in [6.07, 6.45) is -0.0431. The van der Waals surface area contributed by atoms with E-state index < -0.39 is 17.9 Å². The Bertz CT molecular complexity index is 881. The SMILES string of the molecule is CNC(=O)C[C@@H](NC(=O)c1ccc(OC)c(OC)c1)c1cccc(C(=O)O)c1. The summed E-state index contributed by atoms with van der Waals surface area (Å²) in [6, 6.07) is 10.1. The molecule has 0 heterocycles. The van der Waals surface area contributed by atoms with E-state index in [4.69, 9.17) is 9.47 Å². The molecule has 3 N–H and O–H groups in total. The van der Waals surface area contributed by atoms with Crippen molar-refractivity contribution in [2.45, 2.75) is 12.5 Å². The molecule has 8 nitrogen and oxygen atoms in total. The number of hydrogen-bond acceptors (Lipinski definition) is 5. The van der Waals surface area contributed by atoms with Crippen molar-refractivity contribution in [3.8, 4) is 11.5 Å². The monoisotopic (exact) mass is 386 g/mol. The third kappa shape index (κ3) is 5.00. The number of carbonyl (C=O) groups excluding carboxylic acids is 2. The van der Waals surface area contributed by atoms with Gasteiger partial charge < -0.3 is 25.2 Å². The minimum atomic E-state index is -1.09. The number of hydrogen-bond donors (Lipinski definition) is 3. The highest BCUT2D eigenvalue weighted by molar-refractivity contribution is 5.95. The maximum absolute atomic E-state index is 12.7. The summed E-state index contributed by atoms with van der Waals surface area (Å²) >= 11 is 0. The van der Waals surface area contributed by atoms with Crippen LogP contribution in [-0.4, -0.2) is 44.2 Å². The Morgan fingerprint density at radius 1 is 1.00 bits per heavy atom. The van der Waals surface area contributed by atoms with Crippen LogP contribution in [0.4, 0.5) is 0 Å². The van der Waals surface area contributed by atoms with Gasteiger partial charge in [0, 0.05) is 12.6 Å². The zero-order valence-electron chi connectivity index (χ0n) is 15.8. The number of ether oxygens (including phenoxy) is 2. The number of nitrogens with one attached hydrogen (secondary N) is 2. The summed E-state index contributed by atoms with van der Waals surface area (Å²) in [6.45, 7) is 0. The molecule has 2 amide bonds. The Balaban J connectivity index is 2.32. The molecule has 0 spiro atoms. The predicted molar refractivity (Wildman–Crippen MR) is 102 cm³/mol. The number of carbonyl (C=O) groups is 3. The van der Waals surface area contributed by atoms with Gasteiger partial charge in [-0.1, -0.05) is 12.1 Å². The van der Waals surface area contributed by atoms with Crippen LogP contribution in [0.3, 0.4) is 0 Å². The van der Waals surface area contributed by atoms with Gasteiger partial charge in [0.25, 0.3) is 5.91 Å². The molecule has 0 aliphatic carbocycles. The van der Waals surface area contributed by atoms with Crippen LogP contribution in [0.2, 0.25) is 0 Å². The molecule has 0 unspecified atom stereocenters. The van der Waals surface area contributed by atoms with Crippen molar-refractivity contribution < 1.29 is 29.0 Å². The van der Waals surface area contributed by atoms with E-state index in [0.717, 1.165) is 0 Å². The predicted octanol–water partition coefficient (Wildman–Crippen LogP) is 2.01. The van der Waals surface area contributed by atoms with E-state index in [-0.39, 0.29) is 17.9 Å². The lowest BCUT2D eigenvalue weighted by Crippen LogP contribution is -2.33. The Hall–Kier alpha value is -3.55. The van der Waals surface area contributed by atoms with E-state index in [1.807, 2.05) is 0 Å². The Morgan fingerprint density at radius 3 is 2.32 bits per heavy atom. The summed E-state index contributed by atoms with van der Waals surface area (Å²) in [5, 5.41) is 14.5. The van der Waals surface area contributed by atoms with E-state index in [1.54, 1.807) is 24.3 Å². The second kappa shape index (κ2) is 9.40. The van der Waals surface area contributed by atoms with Gasteiger partial charge in [-0.15, -0.1) is 0 Å². The summed E-state index contributed by atoms with van der Waals surface area (Å²) in [7, 11) is 4.45. The average molecular weight is 386 g/mol. The maximum Gasteiger partial charge on any atom is 0.335 e. The number of methoxy groups -OCH3 is 2. The molecule has 0 aliphatic rings. The lowest BCUT2D eigenvalue weighted by molar-refractivity contribution is -0.121. The van der Waals surface area contributed by atoms with Crippen LogP contribution in [0, 0.1) is 0 Å². The number of carboxylic acid groups (broad SMARTS) is 1. The molecular formula is C20H22N2O6. The Kier molecular flexibility index (Phi) is 6.97. The second-order valence-electron chi connectivity index (χ2n) is 5.90. The van der Waals surface area contributed by atoms with E-state index in [9.17, 15) is 19.5 Å². The van der Waals surface area contributed by atoms with Crippen LogP contribution in [-0.2, 0) is 4.79 Å². The van der Waals surface area contributed by atoms with Crippen molar-refractivity contribution >= 4 is 17.8 Å². The van der Waals surface area contributed by atoms with Crippen LogP contribution in [0.1, 0.15) is 38.7 Å². The first-order valence-electron chi connectivity index (χ1n) is 8.46. The third-order valence-corrected chi connectivity index (χ3v) is 4.16. The molecule has 0 aromatic heterocycles. The highest BCUT2D eigenvalue weighted by Crippen LogP contribution is 2.28. The number of carboxylic acids is 1. The zero-order chi connectivity index (χ0) is 20.7. The lowest BCUT2D eigenvalue weighted by atomic mass is 10.00. The number of benzene rings is 2. The third-order valence-electron chi connectivity index (χ3n) is 4.16. The first-order chi connectivity index (χ1) is 13.4. The molecule has 28 heavy (non-hydrogen) atoms. The van der Waals surface area contributed by atoms with Gasteiger partial charge in [-0.25, -0.2) is 4.79 Å². The highest BCUT2D eigenvalue weighted by atomic mass is 16.5. The summed E-state index contributed by atoms with van der Waals surface area (Å²) in [5.74, 6) is -0.943. The van der Waals surface area contributed by atoms with E-state index >= 15 is 0 Å². The minimum absolute atomic E-state index is 0.0431. The summed E-state index contributed by atoms with van der Waals surface area (Å²) < 4.78 is 10.4. The molecule has 1 atom stereocenters. The van der Waals surface area contributed by atoms with Gasteiger partial charge in [0.15, 0.2) is 11.5 Å². The van der Waals surface area contributed by atoms with Gasteiger partial charge in [0.05, 0.1) is 32.2 Å². The van der Waals surface area contributed by atoms with Gasteiger partial charge >= 0.3 is 5.97 Å². The van der Waals surface area contributed by atoms with Crippen LogP contribution in [0.5, 0.6) is 11.5 Å². The van der Waals surface area contributed by atoms with Gasteiger partial charge in [-0.05, 0) is 35.9 Å². The van der Waals surface area contributed by atoms with Crippen molar-refractivity contribution in [2.24, 2.45) is 0 Å². The van der Waals surface area contributed by atoms with Crippen molar-refractivity contribution in [3.05, 3.63) is 59.2 Å². The fraction of sp³-hybridized carbons (Fsp3) is 0.250. The summed E-state index contributed by atoms with van der Waals surface area (Å²) in [4.78, 5) is 35.9. The lowest BCUT2D eigenvalue weighted by Gasteiger charge is -2.19. The number of rotatable bonds is 8. The molecular weight excluding hydrogens is 364 g/mol. The van der Waals surface area contributed by atoms with Crippen LogP contribution in [0.15, 0.2) is 42.5 Å². The first-order valence-corrected chi connectivity index (χ1v) is 8.46. The van der Waals surface area contributed by atoms with Gasteiger partial charge in [-0.2, -0.15) is 0 Å². The van der Waals surface area contributed by atoms with Crippen molar-refractivity contribution in [3.63, 3.8) is 0 Å². The molecule has 8 heteroatoms. The fourth-order valence-electron chi connectivity index (χ4n) is 2.65. The molecule has 2 rings (SSSR count). The molecule has 0 fully saturated rings. The van der Waals surface area contributed by atoms with E-state index in [2.05, 4.69) is 10.6 Å². The highest BCUT2D eigenvalue weighted by Gasteiger charge is 2.21. The van der Waals surface area contributed by atoms with Gasteiger partial charge in [-0.3, -0.25) is 9.59 Å². The van der Waals surface area contributed by atoms with Gasteiger partial charge in [0.1, 0.15) is 0 Å². The van der Waals surface area contributed by atoms with E-state index in [1.165, 1.54) is 39.5 Å². The zero-order valence-corrected chi connectivity index (χ0v) is 15.8. The smallest absolute Gasteiger partial charge is 0.335 e. The van der Waals surface area contributed by atoms with Crippen LogP contribution in [0.25, 0.3) is 0 Å².